The van der Waals surface area contributed by atoms with Crippen LogP contribution in [0.3, 0.4) is 0 Å². The molecule has 0 radical (unpaired) electrons. The largest absolute Gasteiger partial charge is 0.494 e. The number of carbonyl (C=O) groups is 1. The molecule has 1 amide bonds. The molecule has 0 aliphatic rings. The van der Waals surface area contributed by atoms with Gasteiger partial charge in [0.15, 0.2) is 0 Å². The highest BCUT2D eigenvalue weighted by atomic mass is 35.5. The summed E-state index contributed by atoms with van der Waals surface area (Å²) in [5.74, 6) is 0.701. The number of ether oxygens (including phenoxy) is 2. The number of hydrogen-bond donors (Lipinski definition) is 1. The van der Waals surface area contributed by atoms with Gasteiger partial charge in [-0.15, -0.1) is 0 Å². The molecule has 0 aromatic heterocycles. The van der Waals surface area contributed by atoms with Crippen molar-refractivity contribution in [2.24, 2.45) is 5.10 Å². The van der Waals surface area contributed by atoms with Crippen molar-refractivity contribution >= 4 is 39.4 Å². The van der Waals surface area contributed by atoms with Crippen molar-refractivity contribution in [2.75, 3.05) is 23.7 Å². The number of benzene rings is 3. The van der Waals surface area contributed by atoms with Crippen LogP contribution < -0.4 is 19.2 Å². The maximum Gasteiger partial charge on any atom is 0.260 e. The van der Waals surface area contributed by atoms with E-state index in [1.807, 2.05) is 25.1 Å². The highest BCUT2D eigenvalue weighted by Crippen LogP contribution is 2.21. The summed E-state index contributed by atoms with van der Waals surface area (Å²) in [6.07, 6.45) is 2.50. The molecule has 3 aromatic rings. The molecule has 0 saturated carbocycles. The second kappa shape index (κ2) is 12.2. The van der Waals surface area contributed by atoms with E-state index in [0.717, 1.165) is 21.7 Å². The first-order valence-electron chi connectivity index (χ1n) is 10.7. The number of rotatable bonds is 11. The molecule has 10 heteroatoms. The monoisotopic (exact) mass is 515 g/mol. The zero-order valence-electron chi connectivity index (χ0n) is 19.3. The second-order valence-corrected chi connectivity index (χ2v) is 9.82. The van der Waals surface area contributed by atoms with Gasteiger partial charge in [-0.3, -0.25) is 9.10 Å². The predicted molar refractivity (Wildman–Crippen MR) is 138 cm³/mol. The summed E-state index contributed by atoms with van der Waals surface area (Å²) in [7, 11) is -3.69. The van der Waals surface area contributed by atoms with Crippen molar-refractivity contribution in [3.05, 3.63) is 88.9 Å². The van der Waals surface area contributed by atoms with Gasteiger partial charge in [-0.2, -0.15) is 5.10 Å². The fourth-order valence-corrected chi connectivity index (χ4v) is 4.13. The Bertz CT molecular complexity index is 1260. The summed E-state index contributed by atoms with van der Waals surface area (Å²) in [5.41, 5.74) is 4.39. The van der Waals surface area contributed by atoms with Crippen LogP contribution in [0.5, 0.6) is 11.5 Å². The van der Waals surface area contributed by atoms with E-state index < -0.39 is 22.5 Å². The van der Waals surface area contributed by atoms with Crippen LogP contribution in [0.2, 0.25) is 5.02 Å². The summed E-state index contributed by atoms with van der Waals surface area (Å²) >= 11 is 5.98. The van der Waals surface area contributed by atoms with Gasteiger partial charge in [0.05, 0.1) is 24.8 Å². The van der Waals surface area contributed by atoms with Gasteiger partial charge in [0.1, 0.15) is 24.7 Å². The molecule has 0 aliphatic heterocycles. The van der Waals surface area contributed by atoms with Crippen LogP contribution in [0, 0.1) is 0 Å². The van der Waals surface area contributed by atoms with E-state index in [-0.39, 0.29) is 0 Å². The van der Waals surface area contributed by atoms with Crippen LogP contribution in [0.1, 0.15) is 18.1 Å². The van der Waals surface area contributed by atoms with E-state index in [4.69, 9.17) is 21.1 Å². The standard InChI is InChI=1S/C25H26ClN3O5S/c1-3-33-23-13-9-22(10-14-23)29(35(2,31)32)17-25(30)28-27-16-19-7-11-24(12-8-19)34-18-20-5-4-6-21(26)15-20/h4-16H,3,17-18H2,1-2H3,(H,28,30)/b27-16-. The topological polar surface area (TPSA) is 97.3 Å². The molecule has 8 nitrogen and oxygen atoms in total. The highest BCUT2D eigenvalue weighted by Gasteiger charge is 2.20. The van der Waals surface area contributed by atoms with Gasteiger partial charge < -0.3 is 9.47 Å². The molecule has 0 spiro atoms. The summed E-state index contributed by atoms with van der Waals surface area (Å²) in [6.45, 7) is 2.32. The van der Waals surface area contributed by atoms with Crippen LogP contribution in [-0.2, 0) is 21.4 Å². The lowest BCUT2D eigenvalue weighted by Crippen LogP contribution is -2.39. The Hall–Kier alpha value is -3.56. The Labute approximate surface area is 210 Å². The molecule has 0 heterocycles. The molecular formula is C25H26ClN3O5S. The summed E-state index contributed by atoms with van der Waals surface area (Å²) < 4.78 is 36.6. The SMILES string of the molecule is CCOc1ccc(N(CC(=O)N/N=C\c2ccc(OCc3cccc(Cl)c3)cc2)S(C)(=O)=O)cc1. The molecule has 3 aromatic carbocycles. The van der Waals surface area contributed by atoms with Gasteiger partial charge in [-0.05, 0) is 78.7 Å². The fourth-order valence-electron chi connectivity index (χ4n) is 3.06. The minimum atomic E-state index is -3.69. The molecule has 0 fully saturated rings. The van der Waals surface area contributed by atoms with E-state index in [1.165, 1.54) is 6.21 Å². The number of hydrogen-bond acceptors (Lipinski definition) is 6. The molecule has 0 bridgehead atoms. The maximum atomic E-state index is 12.3. The Morgan fingerprint density at radius 3 is 2.31 bits per heavy atom. The van der Waals surface area contributed by atoms with Crippen molar-refractivity contribution < 1.29 is 22.7 Å². The number of halogens is 1. The van der Waals surface area contributed by atoms with Crippen LogP contribution in [0.25, 0.3) is 0 Å². The smallest absolute Gasteiger partial charge is 0.260 e. The second-order valence-electron chi connectivity index (χ2n) is 7.48. The maximum absolute atomic E-state index is 12.3. The zero-order valence-corrected chi connectivity index (χ0v) is 20.9. The van der Waals surface area contributed by atoms with Gasteiger partial charge in [-0.1, -0.05) is 23.7 Å². The molecular weight excluding hydrogens is 490 g/mol. The van der Waals surface area contributed by atoms with Gasteiger partial charge >= 0.3 is 0 Å². The van der Waals surface area contributed by atoms with Gasteiger partial charge in [0, 0.05) is 5.02 Å². The third kappa shape index (κ3) is 8.31. The number of hydrazone groups is 1. The lowest BCUT2D eigenvalue weighted by molar-refractivity contribution is -0.119. The van der Waals surface area contributed by atoms with Crippen molar-refractivity contribution in [1.29, 1.82) is 0 Å². The van der Waals surface area contributed by atoms with Crippen molar-refractivity contribution in [1.82, 2.24) is 5.43 Å². The first-order valence-corrected chi connectivity index (χ1v) is 13.0. The average molecular weight is 516 g/mol. The van der Waals surface area contributed by atoms with Crippen LogP contribution in [0.4, 0.5) is 5.69 Å². The molecule has 1 N–H and O–H groups in total. The molecule has 0 saturated heterocycles. The number of nitrogens with one attached hydrogen (secondary N) is 1. The first-order chi connectivity index (χ1) is 16.7. The van der Waals surface area contributed by atoms with Crippen LogP contribution in [0.15, 0.2) is 77.9 Å². The minimum Gasteiger partial charge on any atom is -0.494 e. The molecule has 3 rings (SSSR count). The number of amides is 1. The lowest BCUT2D eigenvalue weighted by atomic mass is 10.2. The third-order valence-corrected chi connectivity index (χ3v) is 6.08. The van der Waals surface area contributed by atoms with Gasteiger partial charge in [-0.25, -0.2) is 13.8 Å². The van der Waals surface area contributed by atoms with E-state index in [0.29, 0.717) is 35.4 Å². The predicted octanol–water partition coefficient (Wildman–Crippen LogP) is 4.23. The molecule has 0 aliphatic carbocycles. The van der Waals surface area contributed by atoms with Gasteiger partial charge in [0.25, 0.3) is 5.91 Å². The van der Waals surface area contributed by atoms with E-state index in [1.54, 1.807) is 54.6 Å². The van der Waals surface area contributed by atoms with E-state index >= 15 is 0 Å². The average Bonchev–Trinajstić information content (AvgIpc) is 2.82. The normalized spacial score (nSPS) is 11.3. The first kappa shape index (κ1) is 26.1. The number of carbonyl (C=O) groups excluding carboxylic acids is 1. The molecule has 0 unspecified atom stereocenters. The summed E-state index contributed by atoms with van der Waals surface area (Å²) in [5, 5.41) is 4.57. The Balaban J connectivity index is 1.54. The summed E-state index contributed by atoms with van der Waals surface area (Å²) in [4.78, 5) is 12.3. The number of sulfonamides is 1. The Morgan fingerprint density at radius 2 is 1.69 bits per heavy atom. The zero-order chi connectivity index (χ0) is 25.3. The fraction of sp³-hybridized carbons (Fsp3) is 0.200. The Morgan fingerprint density at radius 1 is 1.03 bits per heavy atom. The lowest BCUT2D eigenvalue weighted by Gasteiger charge is -2.21. The molecule has 35 heavy (non-hydrogen) atoms. The van der Waals surface area contributed by atoms with Crippen molar-refractivity contribution in [3.8, 4) is 11.5 Å². The quantitative estimate of drug-likeness (QED) is 0.304. The summed E-state index contributed by atoms with van der Waals surface area (Å²) in [6, 6.07) is 21.0. The highest BCUT2D eigenvalue weighted by molar-refractivity contribution is 7.92. The van der Waals surface area contributed by atoms with Gasteiger partial charge in [0.2, 0.25) is 10.0 Å². The number of anilines is 1. The van der Waals surface area contributed by atoms with Crippen molar-refractivity contribution in [3.63, 3.8) is 0 Å². The van der Waals surface area contributed by atoms with Crippen LogP contribution in [-0.4, -0.2) is 39.9 Å². The van der Waals surface area contributed by atoms with Crippen molar-refractivity contribution in [2.45, 2.75) is 13.5 Å². The number of nitrogens with zero attached hydrogens (tertiary/aromatic N) is 2. The van der Waals surface area contributed by atoms with Crippen LogP contribution >= 0.6 is 11.6 Å². The van der Waals surface area contributed by atoms with E-state index in [2.05, 4.69) is 10.5 Å². The molecule has 184 valence electrons. The van der Waals surface area contributed by atoms with E-state index in [9.17, 15) is 13.2 Å². The minimum absolute atomic E-state index is 0.350. The Kier molecular flexibility index (Phi) is 9.11. The third-order valence-electron chi connectivity index (χ3n) is 4.70. The molecule has 0 atom stereocenters.